The maximum Gasteiger partial charge on any atom is 0.339 e. The molecule has 2 aromatic carbocycles. The Morgan fingerprint density at radius 2 is 2.04 bits per heavy atom. The lowest BCUT2D eigenvalue weighted by molar-refractivity contribution is 0.0688. The van der Waals surface area contributed by atoms with Crippen molar-refractivity contribution in [2.45, 2.75) is 19.5 Å². The number of ether oxygens (including phenoxy) is 2. The fourth-order valence-electron chi connectivity index (χ4n) is 3.34. The molecule has 0 amide bonds. The van der Waals surface area contributed by atoms with Crippen molar-refractivity contribution in [1.29, 1.82) is 0 Å². The summed E-state index contributed by atoms with van der Waals surface area (Å²) < 4.78 is 24.7. The van der Waals surface area contributed by atoms with Crippen molar-refractivity contribution >= 4 is 5.97 Å². The molecular formula is C19H20FNO4. The van der Waals surface area contributed by atoms with Crippen molar-refractivity contribution in [2.24, 2.45) is 0 Å². The van der Waals surface area contributed by atoms with E-state index in [4.69, 9.17) is 9.47 Å². The minimum Gasteiger partial charge on any atom is -0.493 e. The molecule has 0 saturated carbocycles. The monoisotopic (exact) mass is 345 g/mol. The first-order valence-electron chi connectivity index (χ1n) is 8.01. The summed E-state index contributed by atoms with van der Waals surface area (Å²) in [5.41, 5.74) is 2.17. The van der Waals surface area contributed by atoms with Gasteiger partial charge < -0.3 is 14.6 Å². The van der Waals surface area contributed by atoms with Crippen LogP contribution < -0.4 is 9.47 Å². The number of benzene rings is 2. The van der Waals surface area contributed by atoms with Gasteiger partial charge in [-0.15, -0.1) is 0 Å². The van der Waals surface area contributed by atoms with Crippen molar-refractivity contribution < 1.29 is 23.8 Å². The van der Waals surface area contributed by atoms with Crippen LogP contribution in [-0.2, 0) is 19.5 Å². The van der Waals surface area contributed by atoms with Crippen LogP contribution >= 0.6 is 0 Å². The van der Waals surface area contributed by atoms with Crippen LogP contribution in [0.3, 0.4) is 0 Å². The van der Waals surface area contributed by atoms with Crippen LogP contribution in [0.15, 0.2) is 30.3 Å². The lowest BCUT2D eigenvalue weighted by Crippen LogP contribution is -2.32. The predicted molar refractivity (Wildman–Crippen MR) is 90.7 cm³/mol. The molecule has 2 aromatic rings. The second-order valence-corrected chi connectivity index (χ2v) is 5.98. The van der Waals surface area contributed by atoms with E-state index in [9.17, 15) is 14.3 Å². The van der Waals surface area contributed by atoms with Crippen LogP contribution in [0.2, 0.25) is 0 Å². The van der Waals surface area contributed by atoms with Crippen LogP contribution in [0.1, 0.15) is 27.0 Å². The molecule has 0 saturated heterocycles. The highest BCUT2D eigenvalue weighted by atomic mass is 19.1. The van der Waals surface area contributed by atoms with Gasteiger partial charge in [0, 0.05) is 25.2 Å². The molecule has 6 heteroatoms. The largest absolute Gasteiger partial charge is 0.493 e. The number of hydrogen-bond donors (Lipinski definition) is 1. The lowest BCUT2D eigenvalue weighted by atomic mass is 9.94. The van der Waals surface area contributed by atoms with Gasteiger partial charge >= 0.3 is 5.97 Å². The van der Waals surface area contributed by atoms with Gasteiger partial charge in [-0.05, 0) is 29.7 Å². The van der Waals surface area contributed by atoms with Crippen molar-refractivity contribution in [2.75, 3.05) is 20.8 Å². The number of methoxy groups -OCH3 is 2. The van der Waals surface area contributed by atoms with Crippen LogP contribution in [0, 0.1) is 5.82 Å². The number of halogens is 1. The summed E-state index contributed by atoms with van der Waals surface area (Å²) >= 11 is 0. The third-order valence-corrected chi connectivity index (χ3v) is 4.53. The molecule has 0 fully saturated rings. The van der Waals surface area contributed by atoms with Crippen molar-refractivity contribution in [1.82, 2.24) is 4.90 Å². The molecule has 0 spiro atoms. The number of nitrogens with zero attached hydrogens (tertiary/aromatic N) is 1. The molecule has 1 aliphatic rings. The second kappa shape index (κ2) is 7.11. The Morgan fingerprint density at radius 1 is 1.24 bits per heavy atom. The third-order valence-electron chi connectivity index (χ3n) is 4.53. The van der Waals surface area contributed by atoms with E-state index in [1.807, 2.05) is 18.2 Å². The average molecular weight is 345 g/mol. The first-order chi connectivity index (χ1) is 12.0. The van der Waals surface area contributed by atoms with E-state index in [1.165, 1.54) is 6.07 Å². The van der Waals surface area contributed by atoms with Gasteiger partial charge in [0.05, 0.1) is 19.8 Å². The summed E-state index contributed by atoms with van der Waals surface area (Å²) in [6, 6.07) is 8.58. The smallest absolute Gasteiger partial charge is 0.339 e. The molecule has 25 heavy (non-hydrogen) atoms. The first-order valence-corrected chi connectivity index (χ1v) is 8.01. The van der Waals surface area contributed by atoms with E-state index in [0.717, 1.165) is 17.7 Å². The molecular weight excluding hydrogens is 325 g/mol. The Kier molecular flexibility index (Phi) is 4.90. The molecule has 0 unspecified atom stereocenters. The molecule has 0 aromatic heterocycles. The first kappa shape index (κ1) is 17.2. The van der Waals surface area contributed by atoms with E-state index in [2.05, 4.69) is 4.90 Å². The molecule has 0 bridgehead atoms. The summed E-state index contributed by atoms with van der Waals surface area (Å²) in [7, 11) is 3.17. The summed E-state index contributed by atoms with van der Waals surface area (Å²) in [6.07, 6.45) is 0.683. The average Bonchev–Trinajstić information content (AvgIpc) is 2.60. The van der Waals surface area contributed by atoms with Gasteiger partial charge in [0.15, 0.2) is 11.5 Å². The molecule has 1 aliphatic heterocycles. The van der Waals surface area contributed by atoms with Crippen molar-refractivity contribution in [3.63, 3.8) is 0 Å². The zero-order valence-electron chi connectivity index (χ0n) is 14.2. The highest BCUT2D eigenvalue weighted by Gasteiger charge is 2.25. The van der Waals surface area contributed by atoms with Gasteiger partial charge in [0.2, 0.25) is 0 Å². The number of rotatable bonds is 5. The van der Waals surface area contributed by atoms with Gasteiger partial charge in [-0.1, -0.05) is 18.2 Å². The molecule has 0 atom stereocenters. The number of carbonyl (C=O) groups is 1. The summed E-state index contributed by atoms with van der Waals surface area (Å²) in [5.74, 6) is -0.606. The Labute approximate surface area is 145 Å². The number of hydrogen-bond acceptors (Lipinski definition) is 4. The Hall–Kier alpha value is -2.60. The number of para-hydroxylation sites is 1. The molecule has 132 valence electrons. The van der Waals surface area contributed by atoms with Gasteiger partial charge in [-0.25, -0.2) is 9.18 Å². The minimum absolute atomic E-state index is 0.222. The number of carboxylic acids is 1. The topological polar surface area (TPSA) is 59.0 Å². The van der Waals surface area contributed by atoms with Crippen molar-refractivity contribution in [3.05, 3.63) is 58.4 Å². The molecule has 1 N–H and O–H groups in total. The highest BCUT2D eigenvalue weighted by Crippen LogP contribution is 2.33. The lowest BCUT2D eigenvalue weighted by Gasteiger charge is -2.30. The van der Waals surface area contributed by atoms with Crippen LogP contribution in [0.4, 0.5) is 4.39 Å². The quantitative estimate of drug-likeness (QED) is 0.902. The molecule has 0 aliphatic carbocycles. The van der Waals surface area contributed by atoms with Crippen LogP contribution in [-0.4, -0.2) is 36.7 Å². The zero-order valence-corrected chi connectivity index (χ0v) is 14.2. The molecule has 0 radical (unpaired) electrons. The molecule has 5 nitrogen and oxygen atoms in total. The standard InChI is InChI=1S/C19H20FNO4/c1-24-16-5-3-4-13(18(16)25-2)10-21-9-8-12-6-7-15(20)17(19(22)23)14(12)11-21/h3-7H,8-11H2,1-2H3,(H,22,23). The van der Waals surface area contributed by atoms with Gasteiger partial charge in [-0.3, -0.25) is 4.90 Å². The number of fused-ring (bicyclic) bond motifs is 1. The van der Waals surface area contributed by atoms with E-state index in [-0.39, 0.29) is 5.56 Å². The number of aromatic carboxylic acids is 1. The Balaban J connectivity index is 1.89. The zero-order chi connectivity index (χ0) is 18.0. The van der Waals surface area contributed by atoms with E-state index in [1.54, 1.807) is 20.3 Å². The van der Waals surface area contributed by atoms with Crippen LogP contribution in [0.25, 0.3) is 0 Å². The SMILES string of the molecule is COc1cccc(CN2CCc3ccc(F)c(C(=O)O)c3C2)c1OC. The van der Waals surface area contributed by atoms with Gasteiger partial charge in [0.1, 0.15) is 5.82 Å². The normalized spacial score (nSPS) is 14.0. The third kappa shape index (κ3) is 3.30. The molecule has 3 rings (SSSR count). The van der Waals surface area contributed by atoms with Crippen molar-refractivity contribution in [3.8, 4) is 11.5 Å². The second-order valence-electron chi connectivity index (χ2n) is 5.98. The highest BCUT2D eigenvalue weighted by molar-refractivity contribution is 5.90. The summed E-state index contributed by atoms with van der Waals surface area (Å²) in [5, 5.41) is 9.35. The summed E-state index contributed by atoms with van der Waals surface area (Å²) in [6.45, 7) is 1.71. The molecule has 1 heterocycles. The predicted octanol–water partition coefficient (Wildman–Crippen LogP) is 3.10. The maximum absolute atomic E-state index is 14.0. The van der Waals surface area contributed by atoms with E-state index < -0.39 is 11.8 Å². The van der Waals surface area contributed by atoms with E-state index >= 15 is 0 Å². The van der Waals surface area contributed by atoms with E-state index in [0.29, 0.717) is 36.6 Å². The fourth-order valence-corrected chi connectivity index (χ4v) is 3.34. The Morgan fingerprint density at radius 3 is 2.72 bits per heavy atom. The van der Waals surface area contributed by atoms with Gasteiger partial charge in [0.25, 0.3) is 0 Å². The fraction of sp³-hybridized carbons (Fsp3) is 0.316. The summed E-state index contributed by atoms with van der Waals surface area (Å²) in [4.78, 5) is 13.5. The maximum atomic E-state index is 14.0. The minimum atomic E-state index is -1.23. The number of carboxylic acid groups (broad SMARTS) is 1. The van der Waals surface area contributed by atoms with Crippen LogP contribution in [0.5, 0.6) is 11.5 Å². The van der Waals surface area contributed by atoms with Gasteiger partial charge in [-0.2, -0.15) is 0 Å². The Bertz CT molecular complexity index is 806.